The lowest BCUT2D eigenvalue weighted by atomic mass is 9.86. The zero-order valence-corrected chi connectivity index (χ0v) is 21.1. The van der Waals surface area contributed by atoms with Crippen molar-refractivity contribution in [1.82, 2.24) is 25.4 Å². The van der Waals surface area contributed by atoms with E-state index >= 15 is 0 Å². The van der Waals surface area contributed by atoms with E-state index in [9.17, 15) is 0 Å². The van der Waals surface area contributed by atoms with Crippen LogP contribution in [0, 0.1) is 6.92 Å². The first-order valence-electron chi connectivity index (χ1n) is 10.3. The van der Waals surface area contributed by atoms with Gasteiger partial charge in [0.2, 0.25) is 0 Å². The van der Waals surface area contributed by atoms with Crippen LogP contribution in [-0.2, 0) is 25.4 Å². The van der Waals surface area contributed by atoms with Gasteiger partial charge in [0.05, 0.1) is 0 Å². The molecule has 0 unspecified atom stereocenters. The molecule has 1 heterocycles. The maximum Gasteiger partial charge on any atom is 0.191 e. The highest BCUT2D eigenvalue weighted by Crippen LogP contribution is 2.22. The van der Waals surface area contributed by atoms with Crippen LogP contribution in [0.5, 0.6) is 0 Å². The largest absolute Gasteiger partial charge is 0.356 e. The van der Waals surface area contributed by atoms with Gasteiger partial charge in [0.1, 0.15) is 12.4 Å². The first-order chi connectivity index (χ1) is 13.3. The van der Waals surface area contributed by atoms with Gasteiger partial charge in [0, 0.05) is 20.1 Å². The SMILES string of the molecule is CCCCNC(=NCc1nnc(C)n1C)NCCc1ccc(C(C)(C)C)cc1.I. The molecular formula is C22H37IN6. The van der Waals surface area contributed by atoms with Crippen LogP contribution in [-0.4, -0.2) is 33.8 Å². The maximum atomic E-state index is 4.69. The number of aliphatic imine (C=N–C) groups is 1. The summed E-state index contributed by atoms with van der Waals surface area (Å²) in [5.74, 6) is 2.60. The highest BCUT2D eigenvalue weighted by Gasteiger charge is 2.12. The number of nitrogens with zero attached hydrogens (tertiary/aromatic N) is 4. The predicted octanol–water partition coefficient (Wildman–Crippen LogP) is 4.12. The molecule has 0 saturated carbocycles. The second-order valence-corrected chi connectivity index (χ2v) is 8.29. The van der Waals surface area contributed by atoms with E-state index in [2.05, 4.69) is 77.8 Å². The van der Waals surface area contributed by atoms with E-state index < -0.39 is 0 Å². The summed E-state index contributed by atoms with van der Waals surface area (Å²) in [4.78, 5) is 4.69. The van der Waals surface area contributed by atoms with E-state index in [0.29, 0.717) is 6.54 Å². The Morgan fingerprint density at radius 3 is 2.28 bits per heavy atom. The van der Waals surface area contributed by atoms with Crippen molar-refractivity contribution in [3.63, 3.8) is 0 Å². The van der Waals surface area contributed by atoms with Crippen molar-refractivity contribution >= 4 is 29.9 Å². The minimum Gasteiger partial charge on any atom is -0.356 e. The van der Waals surface area contributed by atoms with Crippen LogP contribution in [0.4, 0.5) is 0 Å². The molecule has 0 radical (unpaired) electrons. The molecule has 2 rings (SSSR count). The molecule has 0 amide bonds. The third kappa shape index (κ3) is 8.32. The van der Waals surface area contributed by atoms with E-state index in [1.54, 1.807) is 0 Å². The van der Waals surface area contributed by atoms with E-state index in [-0.39, 0.29) is 29.4 Å². The monoisotopic (exact) mass is 512 g/mol. The van der Waals surface area contributed by atoms with Crippen LogP contribution in [0.2, 0.25) is 0 Å². The van der Waals surface area contributed by atoms with Crippen molar-refractivity contribution < 1.29 is 0 Å². The summed E-state index contributed by atoms with van der Waals surface area (Å²) in [5, 5.41) is 15.2. The first-order valence-corrected chi connectivity index (χ1v) is 10.3. The summed E-state index contributed by atoms with van der Waals surface area (Å²) in [6, 6.07) is 8.93. The standard InChI is InChI=1S/C22H36N6.HI/c1-7-8-14-23-21(25-16-20-27-26-17(2)28(20)6)24-15-13-18-9-11-19(12-10-18)22(3,4)5;/h9-12H,7-8,13-16H2,1-6H3,(H2,23,24,25);1H. The lowest BCUT2D eigenvalue weighted by Crippen LogP contribution is -2.39. The van der Waals surface area contributed by atoms with E-state index in [1.807, 2.05) is 18.5 Å². The van der Waals surface area contributed by atoms with Crippen molar-refractivity contribution in [2.45, 2.75) is 65.8 Å². The number of rotatable bonds is 8. The number of hydrogen-bond donors (Lipinski definition) is 2. The Labute approximate surface area is 193 Å². The Kier molecular flexibility index (Phi) is 10.6. The van der Waals surface area contributed by atoms with Gasteiger partial charge in [-0.3, -0.25) is 0 Å². The van der Waals surface area contributed by atoms with Crippen molar-refractivity contribution in [3.05, 3.63) is 47.0 Å². The maximum absolute atomic E-state index is 4.69. The summed E-state index contributed by atoms with van der Waals surface area (Å²) < 4.78 is 1.98. The van der Waals surface area contributed by atoms with E-state index in [4.69, 9.17) is 0 Å². The molecular weight excluding hydrogens is 475 g/mol. The van der Waals surface area contributed by atoms with Crippen LogP contribution in [0.3, 0.4) is 0 Å². The topological polar surface area (TPSA) is 67.1 Å². The van der Waals surface area contributed by atoms with Crippen LogP contribution in [0.25, 0.3) is 0 Å². The molecule has 2 aromatic rings. The molecule has 1 aromatic heterocycles. The van der Waals surface area contributed by atoms with Gasteiger partial charge >= 0.3 is 0 Å². The fourth-order valence-corrected chi connectivity index (χ4v) is 2.79. The van der Waals surface area contributed by atoms with Gasteiger partial charge in [0.25, 0.3) is 0 Å². The zero-order chi connectivity index (χ0) is 20.6. The number of guanidine groups is 1. The Morgan fingerprint density at radius 2 is 1.72 bits per heavy atom. The molecule has 0 aliphatic rings. The summed E-state index contributed by atoms with van der Waals surface area (Å²) >= 11 is 0. The smallest absolute Gasteiger partial charge is 0.191 e. The molecule has 7 heteroatoms. The predicted molar refractivity (Wildman–Crippen MR) is 132 cm³/mol. The van der Waals surface area contributed by atoms with Gasteiger partial charge in [-0.25, -0.2) is 4.99 Å². The van der Waals surface area contributed by atoms with Crippen molar-refractivity contribution in [1.29, 1.82) is 0 Å². The second-order valence-electron chi connectivity index (χ2n) is 8.29. The summed E-state index contributed by atoms with van der Waals surface area (Å²) in [5.41, 5.74) is 2.89. The molecule has 0 fully saturated rings. The molecule has 0 aliphatic heterocycles. The molecule has 2 N–H and O–H groups in total. The van der Waals surface area contributed by atoms with Gasteiger partial charge < -0.3 is 15.2 Å². The number of unbranched alkanes of at least 4 members (excludes halogenated alkanes) is 1. The average Bonchev–Trinajstić information content (AvgIpc) is 2.97. The Hall–Kier alpha value is -1.64. The Morgan fingerprint density at radius 1 is 1.07 bits per heavy atom. The lowest BCUT2D eigenvalue weighted by molar-refractivity contribution is 0.590. The fourth-order valence-electron chi connectivity index (χ4n) is 2.79. The minimum absolute atomic E-state index is 0. The fraction of sp³-hybridized carbons (Fsp3) is 0.591. The van der Waals surface area contributed by atoms with Crippen molar-refractivity contribution in [2.75, 3.05) is 13.1 Å². The third-order valence-electron chi connectivity index (χ3n) is 4.91. The number of benzene rings is 1. The molecule has 0 saturated heterocycles. The van der Waals surface area contributed by atoms with Crippen molar-refractivity contribution in [3.8, 4) is 0 Å². The van der Waals surface area contributed by atoms with Crippen LogP contribution in [0.15, 0.2) is 29.3 Å². The second kappa shape index (κ2) is 12.1. The van der Waals surface area contributed by atoms with Gasteiger partial charge in [-0.05, 0) is 36.3 Å². The summed E-state index contributed by atoms with van der Waals surface area (Å²) in [7, 11) is 1.97. The molecule has 29 heavy (non-hydrogen) atoms. The van der Waals surface area contributed by atoms with Crippen LogP contribution >= 0.6 is 24.0 Å². The Bertz CT molecular complexity index is 759. The average molecular weight is 512 g/mol. The third-order valence-corrected chi connectivity index (χ3v) is 4.91. The number of halogens is 1. The number of hydrogen-bond acceptors (Lipinski definition) is 3. The number of aryl methyl sites for hydroxylation is 1. The molecule has 0 aliphatic carbocycles. The van der Waals surface area contributed by atoms with Gasteiger partial charge in [-0.1, -0.05) is 58.4 Å². The minimum atomic E-state index is 0. The van der Waals surface area contributed by atoms with Gasteiger partial charge in [0.15, 0.2) is 11.8 Å². The van der Waals surface area contributed by atoms with E-state index in [1.165, 1.54) is 11.1 Å². The Balaban J connectivity index is 0.00000420. The molecule has 0 atom stereocenters. The number of aromatic nitrogens is 3. The zero-order valence-electron chi connectivity index (χ0n) is 18.7. The lowest BCUT2D eigenvalue weighted by Gasteiger charge is -2.19. The molecule has 162 valence electrons. The molecule has 0 spiro atoms. The molecule has 1 aromatic carbocycles. The van der Waals surface area contributed by atoms with Crippen LogP contribution in [0.1, 0.15) is 63.3 Å². The number of nitrogens with one attached hydrogen (secondary N) is 2. The quantitative estimate of drug-likeness (QED) is 0.242. The van der Waals surface area contributed by atoms with Crippen molar-refractivity contribution in [2.24, 2.45) is 12.0 Å². The van der Waals surface area contributed by atoms with E-state index in [0.717, 1.165) is 50.0 Å². The highest BCUT2D eigenvalue weighted by atomic mass is 127. The first kappa shape index (κ1) is 25.4. The van der Waals surface area contributed by atoms with Gasteiger partial charge in [-0.15, -0.1) is 34.2 Å². The molecule has 0 bridgehead atoms. The summed E-state index contributed by atoms with van der Waals surface area (Å²) in [6.45, 7) is 13.1. The molecule has 6 nitrogen and oxygen atoms in total. The normalized spacial score (nSPS) is 11.9. The van der Waals surface area contributed by atoms with Crippen LogP contribution < -0.4 is 10.6 Å². The highest BCUT2D eigenvalue weighted by molar-refractivity contribution is 14.0. The van der Waals surface area contributed by atoms with Gasteiger partial charge in [-0.2, -0.15) is 0 Å². The summed E-state index contributed by atoms with van der Waals surface area (Å²) in [6.07, 6.45) is 3.24.